The minimum atomic E-state index is -0.447. The first-order valence-corrected chi connectivity index (χ1v) is 5.45. The first-order chi connectivity index (χ1) is 8.15. The molecular weight excluding hydrogens is 246 g/mol. The molecule has 0 bridgehead atoms. The molecule has 1 aliphatic heterocycles. The van der Waals surface area contributed by atoms with E-state index in [9.17, 15) is 10.1 Å². The third-order valence-corrected chi connectivity index (χ3v) is 2.96. The average Bonchev–Trinajstić information content (AvgIpc) is 3.05. The Kier molecular flexibility index (Phi) is 2.27. The van der Waals surface area contributed by atoms with Crippen LogP contribution in [0.3, 0.4) is 0 Å². The summed E-state index contributed by atoms with van der Waals surface area (Å²) in [4.78, 5) is 10.2. The van der Waals surface area contributed by atoms with Gasteiger partial charge >= 0.3 is 0 Å². The van der Waals surface area contributed by atoms with Gasteiger partial charge in [-0.1, -0.05) is 11.6 Å². The number of benzene rings is 1. The molecule has 6 nitrogen and oxygen atoms in total. The number of nitrogens with zero attached hydrogens (tertiary/aromatic N) is 3. The summed E-state index contributed by atoms with van der Waals surface area (Å²) in [6, 6.07) is 4.55. The highest BCUT2D eigenvalue weighted by atomic mass is 35.5. The number of rotatable bonds is 3. The molecule has 17 heavy (non-hydrogen) atoms. The maximum atomic E-state index is 10.7. The quantitative estimate of drug-likeness (QED) is 0.476. The lowest BCUT2D eigenvalue weighted by Crippen LogP contribution is -2.05. The van der Waals surface area contributed by atoms with Crippen molar-refractivity contribution >= 4 is 28.2 Å². The van der Waals surface area contributed by atoms with Gasteiger partial charge in [-0.25, -0.2) is 0 Å². The zero-order chi connectivity index (χ0) is 12.0. The van der Waals surface area contributed by atoms with Gasteiger partial charge in [0.05, 0.1) is 23.6 Å². The van der Waals surface area contributed by atoms with Crippen LogP contribution in [-0.2, 0) is 11.3 Å². The summed E-state index contributed by atoms with van der Waals surface area (Å²) < 4.78 is 6.84. The molecule has 1 atom stereocenters. The zero-order valence-corrected chi connectivity index (χ0v) is 9.42. The van der Waals surface area contributed by atoms with Gasteiger partial charge in [0.2, 0.25) is 0 Å². The van der Waals surface area contributed by atoms with E-state index in [1.54, 1.807) is 10.7 Å². The van der Waals surface area contributed by atoms with Gasteiger partial charge in [-0.15, -0.1) is 0 Å². The van der Waals surface area contributed by atoms with Crippen LogP contribution in [0, 0.1) is 10.1 Å². The molecule has 0 spiro atoms. The van der Waals surface area contributed by atoms with Gasteiger partial charge in [-0.2, -0.15) is 5.10 Å². The van der Waals surface area contributed by atoms with Crippen molar-refractivity contribution in [2.75, 3.05) is 6.61 Å². The molecule has 0 amide bonds. The van der Waals surface area contributed by atoms with Crippen molar-refractivity contribution in [1.82, 2.24) is 9.78 Å². The topological polar surface area (TPSA) is 73.5 Å². The normalized spacial score (nSPS) is 18.5. The molecule has 3 rings (SSSR count). The molecule has 1 fully saturated rings. The highest BCUT2D eigenvalue weighted by molar-refractivity contribution is 6.34. The molecule has 0 saturated carbocycles. The van der Waals surface area contributed by atoms with E-state index >= 15 is 0 Å². The predicted molar refractivity (Wildman–Crippen MR) is 61.1 cm³/mol. The third kappa shape index (κ3) is 1.85. The van der Waals surface area contributed by atoms with Crippen molar-refractivity contribution in [2.24, 2.45) is 0 Å². The smallest absolute Gasteiger partial charge is 0.270 e. The van der Waals surface area contributed by atoms with Gasteiger partial charge in [0.15, 0.2) is 5.15 Å². The molecule has 1 aromatic heterocycles. The summed E-state index contributed by atoms with van der Waals surface area (Å²) in [6.45, 7) is 1.35. The van der Waals surface area contributed by atoms with Crippen LogP contribution in [0.25, 0.3) is 10.9 Å². The van der Waals surface area contributed by atoms with Crippen molar-refractivity contribution in [3.8, 4) is 0 Å². The molecule has 0 N–H and O–H groups in total. The molecule has 2 heterocycles. The molecule has 7 heteroatoms. The maximum Gasteiger partial charge on any atom is 0.270 e. The lowest BCUT2D eigenvalue weighted by molar-refractivity contribution is -0.384. The molecule has 1 saturated heterocycles. The van der Waals surface area contributed by atoms with E-state index in [4.69, 9.17) is 16.3 Å². The number of epoxide rings is 1. The Bertz CT molecular complexity index is 606. The summed E-state index contributed by atoms with van der Waals surface area (Å²) in [5.74, 6) is 0. The van der Waals surface area contributed by atoms with E-state index in [0.717, 1.165) is 12.1 Å². The largest absolute Gasteiger partial charge is 0.371 e. The number of nitro benzene ring substituents is 1. The second-order valence-electron chi connectivity index (χ2n) is 3.89. The molecule has 2 aromatic rings. The number of aromatic nitrogens is 2. The van der Waals surface area contributed by atoms with Crippen LogP contribution >= 0.6 is 11.6 Å². The van der Waals surface area contributed by atoms with Crippen molar-refractivity contribution in [3.63, 3.8) is 0 Å². The van der Waals surface area contributed by atoms with E-state index in [-0.39, 0.29) is 16.9 Å². The Morgan fingerprint density at radius 2 is 2.41 bits per heavy atom. The monoisotopic (exact) mass is 253 g/mol. The van der Waals surface area contributed by atoms with Crippen LogP contribution in [0.2, 0.25) is 5.15 Å². The summed E-state index contributed by atoms with van der Waals surface area (Å²) in [7, 11) is 0. The maximum absolute atomic E-state index is 10.7. The molecule has 0 unspecified atom stereocenters. The molecule has 88 valence electrons. The summed E-state index contributed by atoms with van der Waals surface area (Å²) in [6.07, 6.45) is 0.185. The second-order valence-corrected chi connectivity index (χ2v) is 4.24. The Labute approximate surface area is 101 Å². The number of hydrogen-bond acceptors (Lipinski definition) is 4. The van der Waals surface area contributed by atoms with E-state index < -0.39 is 4.92 Å². The molecule has 0 aliphatic carbocycles. The SMILES string of the molecule is O=[N+]([O-])c1ccc2c(c1)c(Cl)nn2C[C@H]1CO1. The van der Waals surface area contributed by atoms with Gasteiger partial charge in [0.25, 0.3) is 5.69 Å². The predicted octanol–water partition coefficient (Wildman–Crippen LogP) is 2.00. The fourth-order valence-electron chi connectivity index (χ4n) is 1.75. The number of non-ortho nitro benzene ring substituents is 1. The van der Waals surface area contributed by atoms with Crippen LogP contribution in [0.1, 0.15) is 0 Å². The number of ether oxygens (including phenoxy) is 1. The molecule has 1 aromatic carbocycles. The second kappa shape index (κ2) is 3.68. The van der Waals surface area contributed by atoms with Crippen molar-refractivity contribution in [1.29, 1.82) is 0 Å². The van der Waals surface area contributed by atoms with Gasteiger partial charge in [0, 0.05) is 17.5 Å². The lowest BCUT2D eigenvalue weighted by Gasteiger charge is -1.99. The number of fused-ring (bicyclic) bond motifs is 1. The Morgan fingerprint density at radius 3 is 3.06 bits per heavy atom. The number of halogens is 1. The van der Waals surface area contributed by atoms with E-state index in [2.05, 4.69) is 5.10 Å². The standard InChI is InChI=1S/C10H8ClN3O3/c11-10-8-3-6(14(15)16)1-2-9(8)13(12-10)4-7-5-17-7/h1-3,7H,4-5H2/t7-/m0/s1. The van der Waals surface area contributed by atoms with E-state index in [1.165, 1.54) is 12.1 Å². The highest BCUT2D eigenvalue weighted by Gasteiger charge is 2.25. The fraction of sp³-hybridized carbons (Fsp3) is 0.300. The first-order valence-electron chi connectivity index (χ1n) is 5.07. The van der Waals surface area contributed by atoms with E-state index in [1.807, 2.05) is 0 Å². The molecule has 1 aliphatic rings. The molecular formula is C10H8ClN3O3. The number of hydrogen-bond donors (Lipinski definition) is 0. The fourth-order valence-corrected chi connectivity index (χ4v) is 1.99. The minimum absolute atomic E-state index is 0.0154. The Morgan fingerprint density at radius 1 is 1.65 bits per heavy atom. The zero-order valence-electron chi connectivity index (χ0n) is 8.67. The summed E-state index contributed by atoms with van der Waals surface area (Å²) in [5.41, 5.74) is 0.803. The highest BCUT2D eigenvalue weighted by Crippen LogP contribution is 2.28. The first kappa shape index (κ1) is 10.5. The minimum Gasteiger partial charge on any atom is -0.371 e. The van der Waals surface area contributed by atoms with Crippen molar-refractivity contribution in [3.05, 3.63) is 33.5 Å². The van der Waals surface area contributed by atoms with Gasteiger partial charge in [0.1, 0.15) is 6.10 Å². The summed E-state index contributed by atoms with van der Waals surface area (Å²) in [5, 5.41) is 15.7. The Balaban J connectivity index is 2.10. The van der Waals surface area contributed by atoms with Crippen LogP contribution in [0.5, 0.6) is 0 Å². The van der Waals surface area contributed by atoms with Gasteiger partial charge in [-0.05, 0) is 6.07 Å². The van der Waals surface area contributed by atoms with Gasteiger partial charge in [-0.3, -0.25) is 14.8 Å². The van der Waals surface area contributed by atoms with Crippen LogP contribution in [0.15, 0.2) is 18.2 Å². The lowest BCUT2D eigenvalue weighted by atomic mass is 10.2. The number of nitro groups is 1. The average molecular weight is 254 g/mol. The van der Waals surface area contributed by atoms with Crippen molar-refractivity contribution in [2.45, 2.75) is 12.6 Å². The van der Waals surface area contributed by atoms with Crippen LogP contribution < -0.4 is 0 Å². The Hall–Kier alpha value is -1.66. The van der Waals surface area contributed by atoms with Crippen LogP contribution in [-0.4, -0.2) is 27.4 Å². The summed E-state index contributed by atoms with van der Waals surface area (Å²) >= 11 is 5.96. The van der Waals surface area contributed by atoms with Crippen molar-refractivity contribution < 1.29 is 9.66 Å². The van der Waals surface area contributed by atoms with E-state index in [0.29, 0.717) is 11.9 Å². The third-order valence-electron chi connectivity index (χ3n) is 2.68. The van der Waals surface area contributed by atoms with Gasteiger partial charge < -0.3 is 4.74 Å². The molecule has 0 radical (unpaired) electrons. The van der Waals surface area contributed by atoms with Crippen LogP contribution in [0.4, 0.5) is 5.69 Å².